The van der Waals surface area contributed by atoms with Crippen LogP contribution < -0.4 is 0 Å². The summed E-state index contributed by atoms with van der Waals surface area (Å²) in [6.07, 6.45) is 6.48. The van der Waals surface area contributed by atoms with Crippen LogP contribution in [0.1, 0.15) is 80.6 Å². The summed E-state index contributed by atoms with van der Waals surface area (Å²) in [5.41, 5.74) is 4.48. The monoisotopic (exact) mass is 513 g/mol. The van der Waals surface area contributed by atoms with Crippen LogP contribution in [0.15, 0.2) is 54.7 Å². The highest BCUT2D eigenvalue weighted by Crippen LogP contribution is 2.40. The summed E-state index contributed by atoms with van der Waals surface area (Å²) in [4.78, 5) is 35.0. The van der Waals surface area contributed by atoms with Crippen LogP contribution in [0.4, 0.5) is 0 Å². The SMILES string of the molecule is CC(C)OC(=O)C1=CN(C(=O)c2cccc(CN3CCCCCC3)c2)CC(C)(C)c2c1[nH]c1ccccc21. The lowest BCUT2D eigenvalue weighted by atomic mass is 9.81. The maximum atomic E-state index is 14.0. The molecule has 0 radical (unpaired) electrons. The van der Waals surface area contributed by atoms with Gasteiger partial charge in [0.1, 0.15) is 0 Å². The van der Waals surface area contributed by atoms with Crippen molar-refractivity contribution in [1.82, 2.24) is 14.8 Å². The third kappa shape index (κ3) is 5.41. The minimum Gasteiger partial charge on any atom is -0.459 e. The number of esters is 1. The molecule has 3 aromatic rings. The third-order valence-corrected chi connectivity index (χ3v) is 7.61. The topological polar surface area (TPSA) is 65.6 Å². The van der Waals surface area contributed by atoms with E-state index in [0.29, 0.717) is 17.7 Å². The van der Waals surface area contributed by atoms with Crippen molar-refractivity contribution in [3.63, 3.8) is 0 Å². The summed E-state index contributed by atoms with van der Waals surface area (Å²) < 4.78 is 5.64. The fraction of sp³-hybridized carbons (Fsp3) is 0.438. The number of carbonyl (C=O) groups excluding carboxylic acids is 2. The highest BCUT2D eigenvalue weighted by atomic mass is 16.5. The molecule has 200 valence electrons. The zero-order chi connectivity index (χ0) is 26.9. The molecule has 0 aliphatic carbocycles. The largest absolute Gasteiger partial charge is 0.459 e. The van der Waals surface area contributed by atoms with Gasteiger partial charge >= 0.3 is 5.97 Å². The fourth-order valence-electron chi connectivity index (χ4n) is 5.90. The summed E-state index contributed by atoms with van der Waals surface area (Å²) in [5.74, 6) is -0.543. The Morgan fingerprint density at radius 2 is 1.74 bits per heavy atom. The number of H-pyrrole nitrogens is 1. The fourth-order valence-corrected chi connectivity index (χ4v) is 5.90. The number of hydrogen-bond donors (Lipinski definition) is 1. The quantitative estimate of drug-likeness (QED) is 0.409. The van der Waals surface area contributed by atoms with Crippen molar-refractivity contribution in [1.29, 1.82) is 0 Å². The van der Waals surface area contributed by atoms with E-state index in [-0.39, 0.29) is 12.0 Å². The van der Waals surface area contributed by atoms with E-state index in [4.69, 9.17) is 4.74 Å². The molecule has 0 spiro atoms. The van der Waals surface area contributed by atoms with Gasteiger partial charge in [-0.3, -0.25) is 9.69 Å². The molecule has 0 unspecified atom stereocenters. The van der Waals surface area contributed by atoms with E-state index in [2.05, 4.69) is 35.9 Å². The summed E-state index contributed by atoms with van der Waals surface area (Å²) in [5, 5.41) is 1.06. The molecule has 1 amide bonds. The number of aromatic amines is 1. The standard InChI is InChI=1S/C32H39N3O3/c1-22(2)38-31(37)26-20-35(21-32(3,4)28-25-14-7-8-15-27(25)33-29(26)28)30(36)24-13-11-12-23(18-24)19-34-16-9-5-6-10-17-34/h7-8,11-15,18,20,22,33H,5-6,9-10,16-17,19,21H2,1-4H3. The Morgan fingerprint density at radius 1 is 1.00 bits per heavy atom. The maximum absolute atomic E-state index is 14.0. The van der Waals surface area contributed by atoms with Crippen molar-refractivity contribution in [2.75, 3.05) is 19.6 Å². The number of ether oxygens (including phenoxy) is 1. The van der Waals surface area contributed by atoms with Gasteiger partial charge in [-0.05, 0) is 69.1 Å². The number of para-hydroxylation sites is 1. The average Bonchev–Trinajstić information content (AvgIpc) is 3.00. The summed E-state index contributed by atoms with van der Waals surface area (Å²) in [7, 11) is 0. The van der Waals surface area contributed by atoms with Gasteiger partial charge in [0.15, 0.2) is 0 Å². The molecule has 0 saturated carbocycles. The van der Waals surface area contributed by atoms with Crippen LogP contribution in [-0.4, -0.2) is 52.4 Å². The van der Waals surface area contributed by atoms with E-state index in [1.165, 1.54) is 25.7 Å². The van der Waals surface area contributed by atoms with Gasteiger partial charge in [-0.15, -0.1) is 0 Å². The maximum Gasteiger partial charge on any atom is 0.342 e. The molecule has 1 fully saturated rings. The molecule has 3 heterocycles. The first-order chi connectivity index (χ1) is 18.2. The lowest BCUT2D eigenvalue weighted by Gasteiger charge is -2.30. The molecule has 1 saturated heterocycles. The van der Waals surface area contributed by atoms with Crippen molar-refractivity contribution in [2.24, 2.45) is 0 Å². The normalized spacial score (nSPS) is 18.0. The smallest absolute Gasteiger partial charge is 0.342 e. The summed E-state index contributed by atoms with van der Waals surface area (Å²) >= 11 is 0. The Morgan fingerprint density at radius 3 is 2.47 bits per heavy atom. The van der Waals surface area contributed by atoms with E-state index >= 15 is 0 Å². The van der Waals surface area contributed by atoms with E-state index in [0.717, 1.165) is 47.4 Å². The van der Waals surface area contributed by atoms with E-state index in [9.17, 15) is 9.59 Å². The van der Waals surface area contributed by atoms with Gasteiger partial charge in [0.25, 0.3) is 5.91 Å². The van der Waals surface area contributed by atoms with Crippen molar-refractivity contribution >= 4 is 28.4 Å². The van der Waals surface area contributed by atoms with E-state index in [1.54, 1.807) is 11.1 Å². The number of nitrogens with zero attached hydrogens (tertiary/aromatic N) is 2. The zero-order valence-electron chi connectivity index (χ0n) is 23.0. The van der Waals surface area contributed by atoms with Crippen molar-refractivity contribution < 1.29 is 14.3 Å². The van der Waals surface area contributed by atoms with Gasteiger partial charge in [-0.2, -0.15) is 0 Å². The van der Waals surface area contributed by atoms with Crippen LogP contribution in [0.2, 0.25) is 0 Å². The lowest BCUT2D eigenvalue weighted by molar-refractivity contribution is -0.140. The van der Waals surface area contributed by atoms with Crippen molar-refractivity contribution in [3.8, 4) is 0 Å². The first-order valence-electron chi connectivity index (χ1n) is 13.9. The molecule has 1 N–H and O–H groups in total. The Hall–Kier alpha value is -3.38. The molecular formula is C32H39N3O3. The van der Waals surface area contributed by atoms with Gasteiger partial charge in [-0.25, -0.2) is 4.79 Å². The van der Waals surface area contributed by atoms with E-state index < -0.39 is 11.4 Å². The predicted octanol–water partition coefficient (Wildman–Crippen LogP) is 6.27. The van der Waals surface area contributed by atoms with Gasteiger partial charge < -0.3 is 14.6 Å². The summed E-state index contributed by atoms with van der Waals surface area (Å²) in [6.45, 7) is 11.4. The Kier molecular flexibility index (Phi) is 7.44. The van der Waals surface area contributed by atoms with Crippen molar-refractivity contribution in [2.45, 2.75) is 71.4 Å². The van der Waals surface area contributed by atoms with Crippen LogP contribution >= 0.6 is 0 Å². The molecule has 6 nitrogen and oxygen atoms in total. The predicted molar refractivity (Wildman–Crippen MR) is 152 cm³/mol. The molecule has 2 aliphatic rings. The number of rotatable bonds is 5. The first-order valence-corrected chi connectivity index (χ1v) is 13.9. The number of amides is 1. The number of aromatic nitrogens is 1. The zero-order valence-corrected chi connectivity index (χ0v) is 23.0. The second-order valence-electron chi connectivity index (χ2n) is 11.6. The molecule has 5 rings (SSSR count). The Bertz CT molecular complexity index is 1360. The minimum absolute atomic E-state index is 0.111. The minimum atomic E-state index is -0.432. The second kappa shape index (κ2) is 10.8. The molecule has 2 aliphatic heterocycles. The van der Waals surface area contributed by atoms with Crippen LogP contribution in [0, 0.1) is 0 Å². The third-order valence-electron chi connectivity index (χ3n) is 7.61. The van der Waals surface area contributed by atoms with Crippen LogP contribution in [0.25, 0.3) is 16.5 Å². The average molecular weight is 514 g/mol. The Balaban J connectivity index is 1.51. The molecular weight excluding hydrogens is 474 g/mol. The van der Waals surface area contributed by atoms with Crippen LogP contribution in [-0.2, 0) is 21.5 Å². The number of benzene rings is 2. The van der Waals surface area contributed by atoms with Gasteiger partial charge in [0.2, 0.25) is 0 Å². The second-order valence-corrected chi connectivity index (χ2v) is 11.6. The Labute approximate surface area is 225 Å². The van der Waals surface area contributed by atoms with Crippen LogP contribution in [0.3, 0.4) is 0 Å². The number of fused-ring (bicyclic) bond motifs is 3. The molecule has 0 bridgehead atoms. The summed E-state index contributed by atoms with van der Waals surface area (Å²) in [6, 6.07) is 16.0. The highest BCUT2D eigenvalue weighted by molar-refractivity contribution is 6.18. The number of carbonyl (C=O) groups is 2. The van der Waals surface area contributed by atoms with Gasteiger partial charge in [0.05, 0.1) is 17.4 Å². The highest BCUT2D eigenvalue weighted by Gasteiger charge is 2.37. The molecule has 0 atom stereocenters. The molecule has 1 aromatic heterocycles. The molecule has 38 heavy (non-hydrogen) atoms. The molecule has 2 aromatic carbocycles. The number of hydrogen-bond acceptors (Lipinski definition) is 4. The van der Waals surface area contributed by atoms with Crippen LogP contribution in [0.5, 0.6) is 0 Å². The van der Waals surface area contributed by atoms with Crippen molar-refractivity contribution in [3.05, 3.63) is 77.1 Å². The van der Waals surface area contributed by atoms with Gasteiger partial charge in [-0.1, -0.05) is 57.0 Å². The number of nitrogens with one attached hydrogen (secondary N) is 1. The number of likely N-dealkylation sites (tertiary alicyclic amines) is 1. The molecule has 6 heteroatoms. The first kappa shape index (κ1) is 26.2. The van der Waals surface area contributed by atoms with Gasteiger partial charge in [0, 0.05) is 41.2 Å². The van der Waals surface area contributed by atoms with E-state index in [1.807, 2.05) is 50.2 Å². The lowest BCUT2D eigenvalue weighted by Crippen LogP contribution is -2.37.